The summed E-state index contributed by atoms with van der Waals surface area (Å²) in [6, 6.07) is 13.1. The third-order valence-electron chi connectivity index (χ3n) is 7.97. The van der Waals surface area contributed by atoms with Gasteiger partial charge in [0.1, 0.15) is 17.2 Å². The lowest BCUT2D eigenvalue weighted by Crippen LogP contribution is -2.40. The second-order valence-corrected chi connectivity index (χ2v) is 10.9. The Balaban J connectivity index is 1.46. The summed E-state index contributed by atoms with van der Waals surface area (Å²) in [7, 11) is 0. The fourth-order valence-electron chi connectivity index (χ4n) is 5.66. The van der Waals surface area contributed by atoms with Crippen LogP contribution in [0.2, 0.25) is 0 Å². The normalized spacial score (nSPS) is 20.3. The highest BCUT2D eigenvalue weighted by Crippen LogP contribution is 2.49. The van der Waals surface area contributed by atoms with Crippen LogP contribution in [-0.2, 0) is 5.41 Å². The molecule has 0 saturated heterocycles. The molecule has 4 heteroatoms. The number of alkyl halides is 1. The summed E-state index contributed by atoms with van der Waals surface area (Å²) in [5.74, 6) is 2.35. The number of hydrogen-bond acceptors (Lipinski definition) is 3. The lowest BCUT2D eigenvalue weighted by atomic mass is 9.66. The van der Waals surface area contributed by atoms with Crippen LogP contribution in [0.3, 0.4) is 0 Å². The fourth-order valence-corrected chi connectivity index (χ4v) is 5.66. The monoisotopic (exact) mass is 484 g/mol. The number of rotatable bonds is 15. The zero-order valence-electron chi connectivity index (χ0n) is 21.8. The van der Waals surface area contributed by atoms with E-state index in [4.69, 9.17) is 4.74 Å². The molecule has 2 aromatic rings. The highest BCUT2D eigenvalue weighted by molar-refractivity contribution is 5.48. The molecule has 0 aromatic heterocycles. The zero-order chi connectivity index (χ0) is 25.1. The topological polar surface area (TPSA) is 49.7 Å². The maximum atomic E-state index is 12.2. The van der Waals surface area contributed by atoms with Gasteiger partial charge in [0, 0.05) is 17.4 Å². The van der Waals surface area contributed by atoms with Crippen LogP contribution in [0, 0.1) is 5.92 Å². The predicted molar refractivity (Wildman–Crippen MR) is 142 cm³/mol. The molecule has 0 radical (unpaired) electrons. The van der Waals surface area contributed by atoms with Gasteiger partial charge in [-0.15, -0.1) is 0 Å². The van der Waals surface area contributed by atoms with Crippen molar-refractivity contribution in [1.29, 1.82) is 0 Å². The van der Waals surface area contributed by atoms with Crippen LogP contribution in [-0.4, -0.2) is 23.5 Å². The number of unbranched alkanes of at least 4 members (excludes halogenated alkanes) is 7. The molecule has 35 heavy (non-hydrogen) atoms. The van der Waals surface area contributed by atoms with Crippen LogP contribution < -0.4 is 4.74 Å². The zero-order valence-corrected chi connectivity index (χ0v) is 21.8. The lowest BCUT2D eigenvalue weighted by Gasteiger charge is -2.43. The summed E-state index contributed by atoms with van der Waals surface area (Å²) in [4.78, 5) is 0. The number of aromatic hydroxyl groups is 2. The van der Waals surface area contributed by atoms with Gasteiger partial charge in [-0.05, 0) is 48.1 Å². The van der Waals surface area contributed by atoms with Crippen molar-refractivity contribution >= 4 is 0 Å². The van der Waals surface area contributed by atoms with Gasteiger partial charge in [-0.2, -0.15) is 0 Å². The second kappa shape index (κ2) is 13.8. The highest BCUT2D eigenvalue weighted by atomic mass is 19.1. The van der Waals surface area contributed by atoms with Crippen LogP contribution in [0.4, 0.5) is 4.39 Å². The Morgan fingerprint density at radius 2 is 1.46 bits per heavy atom. The molecule has 194 valence electrons. The number of phenolic OH excluding ortho intramolecular Hbond substituents is 2. The summed E-state index contributed by atoms with van der Waals surface area (Å²) in [6.07, 6.45) is 14.2. The molecule has 3 nitrogen and oxygen atoms in total. The van der Waals surface area contributed by atoms with Gasteiger partial charge in [0.2, 0.25) is 0 Å². The van der Waals surface area contributed by atoms with Crippen molar-refractivity contribution in [3.8, 4) is 17.2 Å². The van der Waals surface area contributed by atoms with Crippen molar-refractivity contribution < 1.29 is 19.3 Å². The number of phenols is 2. The molecule has 2 aromatic carbocycles. The average molecular weight is 485 g/mol. The van der Waals surface area contributed by atoms with Crippen molar-refractivity contribution in [2.45, 2.75) is 102 Å². The summed E-state index contributed by atoms with van der Waals surface area (Å²) >= 11 is 0. The Bertz CT molecular complexity index is 881. The third kappa shape index (κ3) is 7.88. The first-order valence-electron chi connectivity index (χ1n) is 13.7. The maximum absolute atomic E-state index is 12.2. The maximum Gasteiger partial charge on any atom is 0.126 e. The first-order chi connectivity index (χ1) is 16.9. The average Bonchev–Trinajstić information content (AvgIpc) is 2.84. The molecule has 1 heterocycles. The molecule has 1 aliphatic rings. The van der Waals surface area contributed by atoms with Crippen LogP contribution in [0.1, 0.15) is 108 Å². The van der Waals surface area contributed by atoms with Crippen molar-refractivity contribution in [3.05, 3.63) is 53.6 Å². The van der Waals surface area contributed by atoms with E-state index in [0.717, 1.165) is 30.9 Å². The van der Waals surface area contributed by atoms with Gasteiger partial charge in [-0.25, -0.2) is 0 Å². The molecule has 0 aliphatic carbocycles. The molecule has 0 bridgehead atoms. The number of fused-ring (bicyclic) bond motifs is 1. The van der Waals surface area contributed by atoms with Crippen LogP contribution in [0.25, 0.3) is 0 Å². The molecular weight excluding hydrogens is 439 g/mol. The summed E-state index contributed by atoms with van der Waals surface area (Å²) < 4.78 is 18.3. The Morgan fingerprint density at radius 3 is 2.14 bits per heavy atom. The minimum atomic E-state index is -0.182. The fraction of sp³-hybridized carbons (Fsp3) is 0.613. The largest absolute Gasteiger partial charge is 0.508 e. The standard InChI is InChI=1S/C31H45FO3/c1-24(13-10-11-21-32)12-8-6-4-3-5-7-9-14-29-28-20-19-27(34)22-30(28)35-23-31(29,2)25-15-17-26(33)18-16-25/h15-20,22,24,29,33-34H,3-14,21,23H2,1-2H3/t24?,29?,31-/m1/s1. The SMILES string of the molecule is CC(CCCCF)CCCCCCCCCC1c2ccc(O)cc2OC[C@]1(C)c1ccc(O)cc1. The molecule has 0 amide bonds. The van der Waals surface area contributed by atoms with Gasteiger partial charge in [-0.3, -0.25) is 4.39 Å². The van der Waals surface area contributed by atoms with E-state index in [1.54, 1.807) is 24.3 Å². The number of hydrogen-bond donors (Lipinski definition) is 2. The van der Waals surface area contributed by atoms with E-state index in [2.05, 4.69) is 13.8 Å². The van der Waals surface area contributed by atoms with E-state index in [1.165, 1.54) is 68.9 Å². The quantitative estimate of drug-likeness (QED) is 0.248. The van der Waals surface area contributed by atoms with Gasteiger partial charge in [0.15, 0.2) is 0 Å². The Labute approximate surface area is 211 Å². The molecule has 0 spiro atoms. The molecular formula is C31H45FO3. The Hall–Kier alpha value is -2.23. The van der Waals surface area contributed by atoms with E-state index >= 15 is 0 Å². The van der Waals surface area contributed by atoms with Gasteiger partial charge in [0.25, 0.3) is 0 Å². The van der Waals surface area contributed by atoms with Gasteiger partial charge in [0.05, 0.1) is 13.3 Å². The highest BCUT2D eigenvalue weighted by Gasteiger charge is 2.42. The van der Waals surface area contributed by atoms with E-state index < -0.39 is 0 Å². The number of benzene rings is 2. The second-order valence-electron chi connectivity index (χ2n) is 10.9. The molecule has 0 fully saturated rings. The molecule has 2 unspecified atom stereocenters. The van der Waals surface area contributed by atoms with E-state index in [1.807, 2.05) is 18.2 Å². The first-order valence-corrected chi connectivity index (χ1v) is 13.7. The van der Waals surface area contributed by atoms with Gasteiger partial charge < -0.3 is 14.9 Å². The number of halogens is 1. The van der Waals surface area contributed by atoms with E-state index in [9.17, 15) is 14.6 Å². The molecule has 3 rings (SSSR count). The smallest absolute Gasteiger partial charge is 0.126 e. The Kier molecular flexibility index (Phi) is 10.7. The predicted octanol–water partition coefficient (Wildman–Crippen LogP) is 8.82. The molecule has 0 saturated carbocycles. The summed E-state index contributed by atoms with van der Waals surface area (Å²) in [6.45, 7) is 4.96. The summed E-state index contributed by atoms with van der Waals surface area (Å²) in [5, 5.41) is 19.7. The third-order valence-corrected chi connectivity index (χ3v) is 7.97. The molecule has 2 N–H and O–H groups in total. The van der Waals surface area contributed by atoms with Crippen molar-refractivity contribution in [2.75, 3.05) is 13.3 Å². The minimum Gasteiger partial charge on any atom is -0.508 e. The lowest BCUT2D eigenvalue weighted by molar-refractivity contribution is 0.162. The van der Waals surface area contributed by atoms with Crippen LogP contribution >= 0.6 is 0 Å². The van der Waals surface area contributed by atoms with Gasteiger partial charge >= 0.3 is 0 Å². The number of ether oxygens (including phenoxy) is 1. The minimum absolute atomic E-state index is 0.173. The van der Waals surface area contributed by atoms with Crippen molar-refractivity contribution in [2.24, 2.45) is 5.92 Å². The van der Waals surface area contributed by atoms with Crippen LogP contribution in [0.5, 0.6) is 17.2 Å². The molecule has 1 aliphatic heterocycles. The molecule has 3 atom stereocenters. The first kappa shape index (κ1) is 27.4. The summed E-state index contributed by atoms with van der Waals surface area (Å²) in [5.41, 5.74) is 2.17. The van der Waals surface area contributed by atoms with Gasteiger partial charge in [-0.1, -0.05) is 96.3 Å². The van der Waals surface area contributed by atoms with E-state index in [-0.39, 0.29) is 23.6 Å². The Morgan fingerprint density at radius 1 is 0.857 bits per heavy atom. The van der Waals surface area contributed by atoms with Crippen molar-refractivity contribution in [1.82, 2.24) is 0 Å². The van der Waals surface area contributed by atoms with Crippen molar-refractivity contribution in [3.63, 3.8) is 0 Å². The van der Waals surface area contributed by atoms with Crippen LogP contribution in [0.15, 0.2) is 42.5 Å². The van der Waals surface area contributed by atoms with E-state index in [0.29, 0.717) is 12.5 Å².